The molecule has 13 heteroatoms. The molecule has 268 valence electrons. The van der Waals surface area contributed by atoms with Gasteiger partial charge in [-0.25, -0.2) is 4.57 Å². The SMILES string of the molecule is CCC(=O)Oc1cccc(C(=O)CCc2ccc(OP(=O)(O)Oc3ccc(CCC(=O)c4cccc(OC(=O)CC)c4)cc3OC)c(OC)c2)c1. The Hall–Kier alpha value is -5.45. The van der Waals surface area contributed by atoms with Gasteiger partial charge in [-0.2, -0.15) is 0 Å². The second-order valence-corrected chi connectivity index (χ2v) is 12.5. The van der Waals surface area contributed by atoms with E-state index >= 15 is 0 Å². The first kappa shape index (κ1) is 38.4. The molecule has 4 aromatic carbocycles. The van der Waals surface area contributed by atoms with Gasteiger partial charge in [0.2, 0.25) is 0 Å². The molecule has 0 fully saturated rings. The van der Waals surface area contributed by atoms with Crippen molar-refractivity contribution in [3.8, 4) is 34.5 Å². The largest absolute Gasteiger partial charge is 0.585 e. The maximum atomic E-state index is 13.1. The summed E-state index contributed by atoms with van der Waals surface area (Å²) >= 11 is 0. The lowest BCUT2D eigenvalue weighted by atomic mass is 10.0. The number of ketones is 2. The maximum Gasteiger partial charge on any atom is 0.585 e. The van der Waals surface area contributed by atoms with Gasteiger partial charge in [0.15, 0.2) is 34.6 Å². The first-order valence-corrected chi connectivity index (χ1v) is 17.7. The molecule has 0 aliphatic heterocycles. The summed E-state index contributed by atoms with van der Waals surface area (Å²) in [5.74, 6) is -0.369. The smallest absolute Gasteiger partial charge is 0.493 e. The number of carbonyl (C=O) groups is 4. The van der Waals surface area contributed by atoms with Crippen LogP contribution >= 0.6 is 7.82 Å². The molecular weight excluding hydrogens is 679 g/mol. The summed E-state index contributed by atoms with van der Waals surface area (Å²) in [6.45, 7) is 3.36. The Balaban J connectivity index is 1.36. The molecule has 0 amide bonds. The lowest BCUT2D eigenvalue weighted by Gasteiger charge is -2.18. The average Bonchev–Trinajstić information content (AvgIpc) is 3.13. The minimum absolute atomic E-state index is 0.0634. The topological polar surface area (TPSA) is 161 Å². The van der Waals surface area contributed by atoms with Crippen LogP contribution in [0.5, 0.6) is 34.5 Å². The molecule has 0 saturated heterocycles. The molecule has 51 heavy (non-hydrogen) atoms. The van der Waals surface area contributed by atoms with E-state index in [0.29, 0.717) is 46.6 Å². The highest BCUT2D eigenvalue weighted by molar-refractivity contribution is 7.48. The Kier molecular flexibility index (Phi) is 13.5. The molecule has 4 rings (SSSR count). The molecular formula is C38H39O12P. The molecule has 0 bridgehead atoms. The van der Waals surface area contributed by atoms with Gasteiger partial charge in [0.25, 0.3) is 0 Å². The van der Waals surface area contributed by atoms with Crippen LogP contribution in [0.25, 0.3) is 0 Å². The Bertz CT molecular complexity index is 1800. The number of Topliss-reactive ketones (excluding diaryl/α,β-unsaturated/α-hetero) is 2. The first-order valence-electron chi connectivity index (χ1n) is 16.2. The second kappa shape index (κ2) is 18.0. The lowest BCUT2D eigenvalue weighted by molar-refractivity contribution is -0.134. The number of esters is 2. The summed E-state index contributed by atoms with van der Waals surface area (Å²) in [7, 11) is -2.03. The van der Waals surface area contributed by atoms with E-state index in [4.69, 9.17) is 28.0 Å². The molecule has 0 radical (unpaired) electrons. The fourth-order valence-electron chi connectivity index (χ4n) is 4.83. The van der Waals surface area contributed by atoms with E-state index < -0.39 is 19.8 Å². The van der Waals surface area contributed by atoms with Crippen LogP contribution in [-0.4, -0.2) is 42.6 Å². The molecule has 0 aliphatic rings. The van der Waals surface area contributed by atoms with Gasteiger partial charge < -0.3 is 28.0 Å². The van der Waals surface area contributed by atoms with Crippen LogP contribution in [0.1, 0.15) is 71.4 Å². The van der Waals surface area contributed by atoms with Crippen molar-refractivity contribution < 1.29 is 56.6 Å². The highest BCUT2D eigenvalue weighted by atomic mass is 31.2. The standard InChI is InChI=1S/C38H39O12P/c1-5-37(41)47-29-11-7-9-27(23-29)31(39)17-13-25-15-19-33(35(21-25)45-3)49-51(43,44)50-34-20-16-26(22-36(34)46-4)14-18-32(40)28-10-8-12-30(24-28)48-38(42)6-2/h7-12,15-16,19-24H,5-6,13-14,17-18H2,1-4H3,(H,43,44). The number of hydrogen-bond donors (Lipinski definition) is 1. The zero-order valence-electron chi connectivity index (χ0n) is 28.7. The fourth-order valence-corrected chi connectivity index (χ4v) is 5.67. The number of hydrogen-bond acceptors (Lipinski definition) is 11. The van der Waals surface area contributed by atoms with Gasteiger partial charge in [-0.3, -0.25) is 24.1 Å². The van der Waals surface area contributed by atoms with Crippen molar-refractivity contribution in [2.24, 2.45) is 0 Å². The van der Waals surface area contributed by atoms with Gasteiger partial charge in [-0.05, 0) is 72.5 Å². The van der Waals surface area contributed by atoms with Crippen LogP contribution in [-0.2, 0) is 27.0 Å². The first-order chi connectivity index (χ1) is 24.4. The molecule has 0 spiro atoms. The van der Waals surface area contributed by atoms with Gasteiger partial charge in [0, 0.05) is 36.8 Å². The van der Waals surface area contributed by atoms with Crippen molar-refractivity contribution in [2.45, 2.75) is 52.4 Å². The summed E-state index contributed by atoms with van der Waals surface area (Å²) in [5.41, 5.74) is 2.21. The van der Waals surface area contributed by atoms with Crippen LogP contribution < -0.4 is 28.0 Å². The van der Waals surface area contributed by atoms with Gasteiger partial charge >= 0.3 is 19.8 Å². The summed E-state index contributed by atoms with van der Waals surface area (Å²) in [5, 5.41) is 0. The van der Waals surface area contributed by atoms with Crippen molar-refractivity contribution in [2.75, 3.05) is 14.2 Å². The van der Waals surface area contributed by atoms with E-state index in [-0.39, 0.29) is 60.2 Å². The number of ether oxygens (including phenoxy) is 4. The molecule has 0 aliphatic carbocycles. The van der Waals surface area contributed by atoms with Crippen LogP contribution in [0, 0.1) is 0 Å². The predicted octanol–water partition coefficient (Wildman–Crippen LogP) is 7.52. The quantitative estimate of drug-likeness (QED) is 0.0467. The lowest BCUT2D eigenvalue weighted by Crippen LogP contribution is -2.07. The second-order valence-electron chi connectivity index (χ2n) is 11.2. The minimum Gasteiger partial charge on any atom is -0.493 e. The monoisotopic (exact) mass is 718 g/mol. The van der Waals surface area contributed by atoms with E-state index in [1.54, 1.807) is 74.5 Å². The summed E-state index contributed by atoms with van der Waals surface area (Å²) in [6, 6.07) is 22.1. The number of aryl methyl sites for hydroxylation is 2. The van der Waals surface area contributed by atoms with Crippen molar-refractivity contribution in [1.82, 2.24) is 0 Å². The van der Waals surface area contributed by atoms with Gasteiger partial charge in [-0.15, -0.1) is 0 Å². The Morgan fingerprint density at radius 2 is 1.00 bits per heavy atom. The Labute approximate surface area is 295 Å². The van der Waals surface area contributed by atoms with E-state index in [1.807, 2.05) is 0 Å². The van der Waals surface area contributed by atoms with Crippen molar-refractivity contribution >= 4 is 31.3 Å². The normalized spacial score (nSPS) is 10.9. The van der Waals surface area contributed by atoms with Crippen LogP contribution in [0.15, 0.2) is 84.9 Å². The van der Waals surface area contributed by atoms with Crippen LogP contribution in [0.2, 0.25) is 0 Å². The Morgan fingerprint density at radius 1 is 0.588 bits per heavy atom. The number of phosphoric ester groups is 1. The molecule has 12 nitrogen and oxygen atoms in total. The molecule has 4 aromatic rings. The molecule has 0 atom stereocenters. The molecule has 0 unspecified atom stereocenters. The number of rotatable bonds is 18. The minimum atomic E-state index is -4.76. The van der Waals surface area contributed by atoms with Crippen LogP contribution in [0.3, 0.4) is 0 Å². The van der Waals surface area contributed by atoms with E-state index in [9.17, 15) is 28.6 Å². The van der Waals surface area contributed by atoms with Crippen molar-refractivity contribution in [3.63, 3.8) is 0 Å². The molecule has 0 heterocycles. The Morgan fingerprint density at radius 3 is 1.37 bits per heavy atom. The third-order valence-electron chi connectivity index (χ3n) is 7.52. The third-order valence-corrected chi connectivity index (χ3v) is 8.37. The maximum absolute atomic E-state index is 13.1. The number of methoxy groups -OCH3 is 2. The van der Waals surface area contributed by atoms with Gasteiger partial charge in [0.1, 0.15) is 11.5 Å². The van der Waals surface area contributed by atoms with Crippen molar-refractivity contribution in [3.05, 3.63) is 107 Å². The zero-order valence-corrected chi connectivity index (χ0v) is 29.6. The zero-order chi connectivity index (χ0) is 37.0. The van der Waals surface area contributed by atoms with E-state index in [2.05, 4.69) is 0 Å². The average molecular weight is 719 g/mol. The van der Waals surface area contributed by atoms with Crippen LogP contribution in [0.4, 0.5) is 0 Å². The predicted molar refractivity (Wildman–Crippen MR) is 187 cm³/mol. The third kappa shape index (κ3) is 11.3. The van der Waals surface area contributed by atoms with Crippen molar-refractivity contribution in [1.29, 1.82) is 0 Å². The van der Waals surface area contributed by atoms with Gasteiger partial charge in [0.05, 0.1) is 14.2 Å². The number of benzene rings is 4. The highest BCUT2D eigenvalue weighted by Gasteiger charge is 2.29. The highest BCUT2D eigenvalue weighted by Crippen LogP contribution is 2.49. The number of phosphoric acid groups is 1. The fraction of sp³-hybridized carbons (Fsp3) is 0.263. The molecule has 0 aromatic heterocycles. The van der Waals surface area contributed by atoms with E-state index in [1.165, 1.54) is 38.5 Å². The summed E-state index contributed by atoms with van der Waals surface area (Å²) in [4.78, 5) is 59.5. The van der Waals surface area contributed by atoms with E-state index in [0.717, 1.165) is 0 Å². The van der Waals surface area contributed by atoms with Gasteiger partial charge in [-0.1, -0.05) is 50.2 Å². The molecule has 0 saturated carbocycles. The number of carbonyl (C=O) groups excluding carboxylic acids is 4. The molecule has 1 N–H and O–H groups in total. The summed E-state index contributed by atoms with van der Waals surface area (Å²) in [6.07, 6.45) is 1.37. The summed E-state index contributed by atoms with van der Waals surface area (Å²) < 4.78 is 44.9.